The predicted molar refractivity (Wildman–Crippen MR) is 144 cm³/mol. The third-order valence-corrected chi connectivity index (χ3v) is 7.06. The third-order valence-electron chi connectivity index (χ3n) is 7.06. The predicted octanol–water partition coefficient (Wildman–Crippen LogP) is 8.65. The second-order valence-electron chi connectivity index (χ2n) is 9.17. The average Bonchev–Trinajstić information content (AvgIpc) is 2.98. The van der Waals surface area contributed by atoms with Crippen molar-refractivity contribution in [3.63, 3.8) is 0 Å². The van der Waals surface area contributed by atoms with Gasteiger partial charge >= 0.3 is 0 Å². The highest BCUT2D eigenvalue weighted by Crippen LogP contribution is 2.41. The first-order valence-electron chi connectivity index (χ1n) is 12.0. The Morgan fingerprint density at radius 1 is 0.475 bits per heavy atom. The van der Waals surface area contributed by atoms with E-state index in [-0.39, 0.29) is 22.3 Å². The van der Waals surface area contributed by atoms with Gasteiger partial charge in [-0.05, 0) is 67.7 Å². The Hall–Kier alpha value is -5.71. The summed E-state index contributed by atoms with van der Waals surface area (Å²) in [6, 6.07) is 26.7. The Balaban J connectivity index is 1.62. The first kappa shape index (κ1) is 24.6. The van der Waals surface area contributed by atoms with Crippen LogP contribution in [0.4, 0.5) is 17.6 Å². The minimum atomic E-state index is -1.69. The van der Waals surface area contributed by atoms with E-state index in [1.54, 1.807) is 42.5 Å². The highest BCUT2D eigenvalue weighted by Gasteiger charge is 2.29. The Kier molecular flexibility index (Phi) is 5.69. The van der Waals surface area contributed by atoms with E-state index in [1.165, 1.54) is 6.07 Å². The van der Waals surface area contributed by atoms with Crippen LogP contribution in [0.1, 0.15) is 16.7 Å². The number of benzene rings is 6. The molecule has 0 radical (unpaired) electrons. The van der Waals surface area contributed by atoms with Crippen LogP contribution in [-0.2, 0) is 0 Å². The van der Waals surface area contributed by atoms with E-state index < -0.39 is 40.0 Å². The zero-order chi connectivity index (χ0) is 28.1. The Morgan fingerprint density at radius 2 is 1.07 bits per heavy atom. The summed E-state index contributed by atoms with van der Waals surface area (Å²) in [5, 5.41) is 32.7. The number of hydrogen-bond donors (Lipinski definition) is 0. The normalized spacial score (nSPS) is 10.9. The average molecular weight is 527 g/mol. The molecular weight excluding hydrogens is 514 g/mol. The Morgan fingerprint density at radius 3 is 1.68 bits per heavy atom. The van der Waals surface area contributed by atoms with Crippen LogP contribution in [0.25, 0.3) is 54.6 Å². The molecule has 0 amide bonds. The number of rotatable bonds is 2. The molecule has 0 aliphatic heterocycles. The quantitative estimate of drug-likeness (QED) is 0.0979. The van der Waals surface area contributed by atoms with E-state index in [2.05, 4.69) is 0 Å². The van der Waals surface area contributed by atoms with Crippen molar-refractivity contribution in [2.45, 2.75) is 0 Å². The first-order chi connectivity index (χ1) is 19.4. The minimum Gasteiger partial charge on any atom is -0.203 e. The summed E-state index contributed by atoms with van der Waals surface area (Å²) in [7, 11) is 0. The molecule has 188 valence electrons. The monoisotopic (exact) mass is 527 g/mol. The maximum Gasteiger partial charge on any atom is 0.170 e. The summed E-state index contributed by atoms with van der Waals surface area (Å²) in [5.74, 6) is -6.62. The van der Waals surface area contributed by atoms with Crippen molar-refractivity contribution >= 4 is 32.3 Å². The third kappa shape index (κ3) is 3.56. The maximum absolute atomic E-state index is 15.7. The molecule has 0 heterocycles. The molecule has 6 aromatic rings. The van der Waals surface area contributed by atoms with Crippen molar-refractivity contribution in [3.05, 3.63) is 119 Å². The van der Waals surface area contributed by atoms with Gasteiger partial charge in [0.2, 0.25) is 0 Å². The molecule has 7 heteroatoms. The van der Waals surface area contributed by atoms with Gasteiger partial charge in [-0.25, -0.2) is 17.6 Å². The van der Waals surface area contributed by atoms with Crippen LogP contribution in [-0.4, -0.2) is 0 Å². The van der Waals surface area contributed by atoms with Gasteiger partial charge in [0.25, 0.3) is 0 Å². The van der Waals surface area contributed by atoms with Gasteiger partial charge in [0.15, 0.2) is 23.3 Å². The summed E-state index contributed by atoms with van der Waals surface area (Å²) in [5.41, 5.74) is -3.44. The van der Waals surface area contributed by atoms with Crippen molar-refractivity contribution in [1.29, 1.82) is 15.8 Å². The summed E-state index contributed by atoms with van der Waals surface area (Å²) < 4.78 is 62.4. The van der Waals surface area contributed by atoms with Crippen molar-refractivity contribution in [2.75, 3.05) is 0 Å². The van der Waals surface area contributed by atoms with Crippen molar-refractivity contribution in [3.8, 4) is 40.5 Å². The lowest BCUT2D eigenvalue weighted by Crippen LogP contribution is -2.05. The number of halogens is 4. The van der Waals surface area contributed by atoms with Crippen molar-refractivity contribution < 1.29 is 17.6 Å². The number of nitrogens with zero attached hydrogens (tertiary/aromatic N) is 3. The highest BCUT2D eigenvalue weighted by molar-refractivity contribution is 6.15. The Labute approximate surface area is 225 Å². The van der Waals surface area contributed by atoms with Crippen LogP contribution < -0.4 is 0 Å². The van der Waals surface area contributed by atoms with Gasteiger partial charge < -0.3 is 0 Å². The molecule has 0 saturated heterocycles. The molecule has 0 spiro atoms. The van der Waals surface area contributed by atoms with Gasteiger partial charge in [-0.15, -0.1) is 0 Å². The van der Waals surface area contributed by atoms with E-state index >= 15 is 17.6 Å². The molecule has 0 aliphatic carbocycles. The van der Waals surface area contributed by atoms with Crippen LogP contribution in [0, 0.1) is 57.3 Å². The van der Waals surface area contributed by atoms with E-state index in [9.17, 15) is 15.8 Å². The fourth-order valence-corrected chi connectivity index (χ4v) is 5.20. The minimum absolute atomic E-state index is 0.0397. The summed E-state index contributed by atoms with van der Waals surface area (Å²) in [4.78, 5) is 0. The second-order valence-corrected chi connectivity index (χ2v) is 9.17. The summed E-state index contributed by atoms with van der Waals surface area (Å²) in [6.45, 7) is 0. The molecule has 0 saturated carbocycles. The van der Waals surface area contributed by atoms with E-state index in [0.717, 1.165) is 33.7 Å². The second kappa shape index (κ2) is 9.24. The molecule has 6 rings (SSSR count). The molecule has 0 N–H and O–H groups in total. The van der Waals surface area contributed by atoms with Gasteiger partial charge in [0, 0.05) is 0 Å². The lowest BCUT2D eigenvalue weighted by atomic mass is 9.90. The van der Waals surface area contributed by atoms with Crippen LogP contribution >= 0.6 is 0 Å². The van der Waals surface area contributed by atoms with Crippen LogP contribution in [0.2, 0.25) is 0 Å². The fraction of sp³-hybridized carbons (Fsp3) is 0. The van der Waals surface area contributed by atoms with Gasteiger partial charge in [-0.3, -0.25) is 0 Å². The molecule has 0 bridgehead atoms. The smallest absolute Gasteiger partial charge is 0.170 e. The van der Waals surface area contributed by atoms with Gasteiger partial charge in [-0.2, -0.15) is 15.8 Å². The summed E-state index contributed by atoms with van der Waals surface area (Å²) >= 11 is 0. The molecular formula is C33H13F4N3. The molecule has 0 fully saturated rings. The standard InChI is InChI=1S/C33H13F4N3/c34-30-28(20-11-21(14-38)27(16-40)22(12-20)15-39)31(35)33(37)29(32(30)36)25-7-3-6-23-24(25)9-8-19-10-17-4-1-2-5-18(17)13-26(19)23/h1-13H. The molecule has 40 heavy (non-hydrogen) atoms. The van der Waals surface area contributed by atoms with Crippen molar-refractivity contribution in [1.82, 2.24) is 0 Å². The van der Waals surface area contributed by atoms with E-state index in [1.807, 2.05) is 36.4 Å². The van der Waals surface area contributed by atoms with Gasteiger partial charge in [-0.1, -0.05) is 54.6 Å². The SMILES string of the molecule is N#Cc1cc(-c2c(F)c(F)c(-c3cccc4c3ccc3cc5ccccc5cc34)c(F)c2F)cc(C#N)c1C#N. The first-order valence-corrected chi connectivity index (χ1v) is 12.0. The fourth-order valence-electron chi connectivity index (χ4n) is 5.20. The molecule has 0 aliphatic rings. The molecule has 0 aromatic heterocycles. The summed E-state index contributed by atoms with van der Waals surface area (Å²) in [6.07, 6.45) is 0. The topological polar surface area (TPSA) is 71.4 Å². The van der Waals surface area contributed by atoms with Crippen molar-refractivity contribution in [2.24, 2.45) is 0 Å². The number of hydrogen-bond acceptors (Lipinski definition) is 3. The Bertz CT molecular complexity index is 2130. The number of fused-ring (bicyclic) bond motifs is 4. The molecule has 6 aromatic carbocycles. The van der Waals surface area contributed by atoms with Gasteiger partial charge in [0.1, 0.15) is 18.2 Å². The van der Waals surface area contributed by atoms with E-state index in [0.29, 0.717) is 10.8 Å². The lowest BCUT2D eigenvalue weighted by molar-refractivity contribution is 0.463. The molecule has 3 nitrogen and oxygen atoms in total. The van der Waals surface area contributed by atoms with Crippen LogP contribution in [0.3, 0.4) is 0 Å². The van der Waals surface area contributed by atoms with E-state index in [4.69, 9.17) is 0 Å². The van der Waals surface area contributed by atoms with Crippen LogP contribution in [0.5, 0.6) is 0 Å². The largest absolute Gasteiger partial charge is 0.203 e. The lowest BCUT2D eigenvalue weighted by Gasteiger charge is -2.15. The van der Waals surface area contributed by atoms with Gasteiger partial charge in [0.05, 0.1) is 27.8 Å². The maximum atomic E-state index is 15.7. The molecule has 0 unspecified atom stereocenters. The van der Waals surface area contributed by atoms with Crippen LogP contribution in [0.15, 0.2) is 78.9 Å². The zero-order valence-electron chi connectivity index (χ0n) is 20.4. The zero-order valence-corrected chi connectivity index (χ0v) is 20.4. The highest BCUT2D eigenvalue weighted by atomic mass is 19.2. The molecule has 0 atom stereocenters. The number of nitriles is 3.